The van der Waals surface area contributed by atoms with Crippen LogP contribution in [0.4, 0.5) is 0 Å². The van der Waals surface area contributed by atoms with E-state index < -0.39 is 0 Å². The predicted octanol–water partition coefficient (Wildman–Crippen LogP) is 1.09. The van der Waals surface area contributed by atoms with Gasteiger partial charge in [-0.2, -0.15) is 0 Å². The summed E-state index contributed by atoms with van der Waals surface area (Å²) in [6, 6.07) is 1.05. The minimum atomic E-state index is 0.430. The van der Waals surface area contributed by atoms with Crippen LogP contribution in [0.15, 0.2) is 18.6 Å². The number of nitrogens with zero attached hydrogens (tertiary/aromatic N) is 4. The van der Waals surface area contributed by atoms with Gasteiger partial charge in [-0.25, -0.2) is 4.98 Å². The van der Waals surface area contributed by atoms with Crippen LogP contribution in [0.25, 0.3) is 11.5 Å². The van der Waals surface area contributed by atoms with Gasteiger partial charge in [0.15, 0.2) is 5.82 Å². The number of fused-ring (bicyclic) bond motifs is 1. The zero-order valence-corrected chi connectivity index (χ0v) is 12.0. The number of hydrogen-bond donors (Lipinski definition) is 3. The Balaban J connectivity index is 1.46. The summed E-state index contributed by atoms with van der Waals surface area (Å²) in [5.41, 5.74) is 7.72. The number of aromatic nitrogens is 5. The van der Waals surface area contributed by atoms with Crippen molar-refractivity contribution in [1.82, 2.24) is 35.8 Å². The summed E-state index contributed by atoms with van der Waals surface area (Å²) in [4.78, 5) is 7.27. The normalized spacial score (nSPS) is 29.2. The molecule has 2 fully saturated rings. The molecule has 112 valence electrons. The van der Waals surface area contributed by atoms with E-state index >= 15 is 0 Å². The molecule has 1 aliphatic carbocycles. The summed E-state index contributed by atoms with van der Waals surface area (Å²) in [5.74, 6) is 1.47. The molecule has 0 bridgehead atoms. The van der Waals surface area contributed by atoms with Crippen molar-refractivity contribution < 1.29 is 0 Å². The summed E-state index contributed by atoms with van der Waals surface area (Å²) < 4.78 is 1.92. The minimum absolute atomic E-state index is 0.430. The van der Waals surface area contributed by atoms with Crippen molar-refractivity contribution in [2.45, 2.75) is 50.7 Å². The largest absolute Gasteiger partial charge is 0.343 e. The molecule has 4 rings (SSSR count). The maximum absolute atomic E-state index is 4.24. The van der Waals surface area contributed by atoms with Crippen molar-refractivity contribution in [2.24, 2.45) is 5.92 Å². The lowest BCUT2D eigenvalue weighted by atomic mass is 9.90. The van der Waals surface area contributed by atoms with Crippen LogP contribution >= 0.6 is 0 Å². The van der Waals surface area contributed by atoms with Crippen LogP contribution in [-0.2, 0) is 6.54 Å². The summed E-state index contributed by atoms with van der Waals surface area (Å²) >= 11 is 0. The lowest BCUT2D eigenvalue weighted by Gasteiger charge is -2.20. The molecule has 1 saturated heterocycles. The van der Waals surface area contributed by atoms with Gasteiger partial charge in [-0.15, -0.1) is 5.10 Å². The Kier molecular flexibility index (Phi) is 3.44. The molecule has 1 saturated carbocycles. The number of rotatable bonds is 3. The average molecular weight is 287 g/mol. The second-order valence-electron chi connectivity index (χ2n) is 6.07. The van der Waals surface area contributed by atoms with Gasteiger partial charge in [-0.3, -0.25) is 15.5 Å². The zero-order valence-electron chi connectivity index (χ0n) is 12.0. The van der Waals surface area contributed by atoms with E-state index in [9.17, 15) is 0 Å². The van der Waals surface area contributed by atoms with E-state index in [0.29, 0.717) is 18.0 Å². The van der Waals surface area contributed by atoms with Crippen molar-refractivity contribution in [2.75, 3.05) is 0 Å². The van der Waals surface area contributed by atoms with E-state index in [1.54, 1.807) is 12.4 Å². The van der Waals surface area contributed by atoms with Crippen molar-refractivity contribution in [3.63, 3.8) is 0 Å². The van der Waals surface area contributed by atoms with Crippen molar-refractivity contribution in [3.05, 3.63) is 18.6 Å². The van der Waals surface area contributed by atoms with Gasteiger partial charge < -0.3 is 4.98 Å². The Labute approximate surface area is 123 Å². The Morgan fingerprint density at radius 3 is 3.05 bits per heavy atom. The number of aromatic amines is 1. The highest BCUT2D eigenvalue weighted by atomic mass is 15.5. The predicted molar refractivity (Wildman–Crippen MR) is 78.0 cm³/mol. The smallest absolute Gasteiger partial charge is 0.159 e. The van der Waals surface area contributed by atoms with Crippen LogP contribution < -0.4 is 10.9 Å². The lowest BCUT2D eigenvalue weighted by molar-refractivity contribution is 0.344. The Bertz CT molecular complexity index is 576. The number of hydrogen-bond acceptors (Lipinski definition) is 5. The van der Waals surface area contributed by atoms with Crippen LogP contribution in [0, 0.1) is 5.92 Å². The molecule has 1 aliphatic heterocycles. The highest BCUT2D eigenvalue weighted by molar-refractivity contribution is 5.45. The maximum atomic E-state index is 4.24. The number of H-pyrrole nitrogens is 1. The summed E-state index contributed by atoms with van der Waals surface area (Å²) in [5, 5.41) is 8.43. The molecule has 0 aromatic carbocycles. The minimum Gasteiger partial charge on any atom is -0.343 e. The van der Waals surface area contributed by atoms with Crippen LogP contribution in [0.3, 0.4) is 0 Å². The van der Waals surface area contributed by atoms with Gasteiger partial charge in [0.2, 0.25) is 0 Å². The standard InChI is InChI=1S/C14H21N7/c1-2-4-10-11(5-3-1)17-18-12(10)8-21-9-13(19-20-21)14-15-6-7-16-14/h6-7,9-12,17-18H,1-5,8H2,(H,15,16). The Morgan fingerprint density at radius 1 is 1.19 bits per heavy atom. The third-order valence-electron chi connectivity index (χ3n) is 4.70. The number of nitrogens with one attached hydrogen (secondary N) is 3. The van der Waals surface area contributed by atoms with Gasteiger partial charge in [0.25, 0.3) is 0 Å². The van der Waals surface area contributed by atoms with Gasteiger partial charge in [0, 0.05) is 24.5 Å². The van der Waals surface area contributed by atoms with Gasteiger partial charge in [0.1, 0.15) is 5.69 Å². The highest BCUT2D eigenvalue weighted by Crippen LogP contribution is 2.29. The summed E-state index contributed by atoms with van der Waals surface area (Å²) in [6.45, 7) is 0.849. The monoisotopic (exact) mass is 287 g/mol. The molecule has 0 radical (unpaired) electrons. The molecule has 3 atom stereocenters. The fraction of sp³-hybridized carbons (Fsp3) is 0.643. The second kappa shape index (κ2) is 5.57. The van der Waals surface area contributed by atoms with Crippen molar-refractivity contribution >= 4 is 0 Å². The SMILES string of the molecule is c1c[nH]c(-c2cn(CC3NNC4CCCCCC43)nn2)n1. The van der Waals surface area contributed by atoms with E-state index in [-0.39, 0.29) is 0 Å². The molecule has 3 heterocycles. The van der Waals surface area contributed by atoms with Gasteiger partial charge in [-0.05, 0) is 18.8 Å². The van der Waals surface area contributed by atoms with E-state index in [0.717, 1.165) is 18.1 Å². The fourth-order valence-corrected chi connectivity index (χ4v) is 3.60. The molecule has 2 aliphatic rings. The zero-order chi connectivity index (χ0) is 14.1. The van der Waals surface area contributed by atoms with Gasteiger partial charge in [-0.1, -0.05) is 24.5 Å². The molecular formula is C14H21N7. The van der Waals surface area contributed by atoms with E-state index in [1.165, 1.54) is 32.1 Å². The van der Waals surface area contributed by atoms with Crippen LogP contribution in [0.2, 0.25) is 0 Å². The Hall–Kier alpha value is -1.73. The number of imidazole rings is 1. The van der Waals surface area contributed by atoms with E-state index in [1.807, 2.05) is 10.9 Å². The molecule has 0 spiro atoms. The van der Waals surface area contributed by atoms with Crippen LogP contribution in [0.5, 0.6) is 0 Å². The summed E-state index contributed by atoms with van der Waals surface area (Å²) in [7, 11) is 0. The van der Waals surface area contributed by atoms with Crippen molar-refractivity contribution in [1.29, 1.82) is 0 Å². The molecule has 2 aromatic heterocycles. The molecule has 7 heteroatoms. The first-order valence-corrected chi connectivity index (χ1v) is 7.81. The molecule has 7 nitrogen and oxygen atoms in total. The van der Waals surface area contributed by atoms with Gasteiger partial charge in [0.05, 0.1) is 12.7 Å². The van der Waals surface area contributed by atoms with Crippen LogP contribution in [-0.4, -0.2) is 37.0 Å². The quantitative estimate of drug-likeness (QED) is 0.787. The summed E-state index contributed by atoms with van der Waals surface area (Å²) in [6.07, 6.45) is 12.1. The third kappa shape index (κ3) is 2.58. The van der Waals surface area contributed by atoms with Crippen molar-refractivity contribution in [3.8, 4) is 11.5 Å². The van der Waals surface area contributed by atoms with Crippen LogP contribution in [0.1, 0.15) is 32.1 Å². The first-order valence-electron chi connectivity index (χ1n) is 7.81. The number of hydrazine groups is 1. The molecular weight excluding hydrogens is 266 g/mol. The maximum Gasteiger partial charge on any atom is 0.159 e. The molecule has 21 heavy (non-hydrogen) atoms. The third-order valence-corrected chi connectivity index (χ3v) is 4.70. The molecule has 2 aromatic rings. The Morgan fingerprint density at radius 2 is 2.14 bits per heavy atom. The molecule has 0 amide bonds. The van der Waals surface area contributed by atoms with E-state index in [4.69, 9.17) is 0 Å². The average Bonchev–Trinajstić information content (AvgIpc) is 3.19. The highest BCUT2D eigenvalue weighted by Gasteiger charge is 2.36. The molecule has 3 unspecified atom stereocenters. The van der Waals surface area contributed by atoms with E-state index in [2.05, 4.69) is 31.1 Å². The molecule has 3 N–H and O–H groups in total. The fourth-order valence-electron chi connectivity index (χ4n) is 3.60. The first-order chi connectivity index (χ1) is 10.4. The van der Waals surface area contributed by atoms with Gasteiger partial charge >= 0.3 is 0 Å². The topological polar surface area (TPSA) is 83.5 Å². The second-order valence-corrected chi connectivity index (χ2v) is 6.07. The lowest BCUT2D eigenvalue weighted by Crippen LogP contribution is -2.36. The first kappa shape index (κ1) is 13.0.